The molecule has 0 radical (unpaired) electrons. The Kier molecular flexibility index (Phi) is 9.06. The number of hydrogen-bond donors (Lipinski definition) is 2. The summed E-state index contributed by atoms with van der Waals surface area (Å²) in [4.78, 5) is 37.5. The van der Waals surface area contributed by atoms with Crippen molar-refractivity contribution >= 4 is 87.0 Å². The number of thiocarbonyl (C=S) groups is 1. The first kappa shape index (κ1) is 27.3. The minimum Gasteiger partial charge on any atom is -0.481 e. The van der Waals surface area contributed by atoms with Crippen LogP contribution in [0.2, 0.25) is 0 Å². The summed E-state index contributed by atoms with van der Waals surface area (Å²) in [5, 5.41) is 11.4. The number of alkyl halides is 3. The van der Waals surface area contributed by atoms with Crippen LogP contribution < -0.4 is 10.1 Å². The van der Waals surface area contributed by atoms with Crippen LogP contribution in [0.4, 0.5) is 0 Å². The van der Waals surface area contributed by atoms with E-state index in [9.17, 15) is 14.4 Å². The molecule has 35 heavy (non-hydrogen) atoms. The highest BCUT2D eigenvalue weighted by atomic mass is 35.6. The van der Waals surface area contributed by atoms with E-state index >= 15 is 0 Å². The number of halogens is 3. The average Bonchev–Trinajstić information content (AvgIpc) is 3.05. The summed E-state index contributed by atoms with van der Waals surface area (Å²) >= 11 is 24.4. The van der Waals surface area contributed by atoms with Gasteiger partial charge in [0.2, 0.25) is 10.0 Å². The van der Waals surface area contributed by atoms with Crippen LogP contribution in [0.1, 0.15) is 27.9 Å². The minimum atomic E-state index is -1.96. The van der Waals surface area contributed by atoms with Gasteiger partial charge in [0.15, 0.2) is 0 Å². The van der Waals surface area contributed by atoms with Crippen molar-refractivity contribution < 1.29 is 24.2 Å². The Labute approximate surface area is 226 Å². The Hall–Kier alpha value is -2.30. The third-order valence-corrected chi connectivity index (χ3v) is 6.70. The van der Waals surface area contributed by atoms with Gasteiger partial charge in [0.1, 0.15) is 10.1 Å². The van der Waals surface area contributed by atoms with Crippen molar-refractivity contribution in [3.63, 3.8) is 0 Å². The maximum Gasteiger partial charge on any atom is 0.305 e. The molecule has 1 atom stereocenters. The lowest BCUT2D eigenvalue weighted by molar-refractivity contribution is -0.137. The second-order valence-electron chi connectivity index (χ2n) is 7.43. The van der Waals surface area contributed by atoms with Gasteiger partial charge in [-0.15, -0.1) is 0 Å². The fraction of sp³-hybridized carbons (Fsp3) is 0.217. The highest BCUT2D eigenvalue weighted by Crippen LogP contribution is 2.34. The van der Waals surface area contributed by atoms with Gasteiger partial charge in [-0.1, -0.05) is 88.6 Å². The third kappa shape index (κ3) is 7.59. The molecule has 3 rings (SSSR count). The summed E-state index contributed by atoms with van der Waals surface area (Å²) in [5.41, 5.74) is 2.05. The normalized spacial score (nSPS) is 15.9. The SMILES string of the molecule is Cc1ccc(C(=O)NC(Oc2ccc(/C=C3\SC(=S)N(CCC(=O)O)C3=O)cc2)C(Cl)(Cl)Cl)cc1. The fourth-order valence-corrected chi connectivity index (χ4v) is 4.52. The molecular formula is C23H19Cl3N2O5S2. The molecule has 2 aromatic rings. The van der Waals surface area contributed by atoms with E-state index in [1.165, 1.54) is 4.90 Å². The number of aryl methyl sites for hydroxylation is 1. The molecule has 1 fully saturated rings. The van der Waals surface area contributed by atoms with E-state index in [4.69, 9.17) is 56.9 Å². The maximum atomic E-state index is 12.6. The Balaban J connectivity index is 1.69. The number of ether oxygens (including phenoxy) is 1. The number of rotatable bonds is 8. The number of nitrogens with zero attached hydrogens (tertiary/aromatic N) is 1. The smallest absolute Gasteiger partial charge is 0.305 e. The molecule has 0 bridgehead atoms. The molecule has 12 heteroatoms. The summed E-state index contributed by atoms with van der Waals surface area (Å²) in [5.74, 6) is -1.52. The van der Waals surface area contributed by atoms with Gasteiger partial charge in [-0.25, -0.2) is 0 Å². The Morgan fingerprint density at radius 3 is 2.37 bits per heavy atom. The highest BCUT2D eigenvalue weighted by Gasteiger charge is 2.36. The van der Waals surface area contributed by atoms with Crippen molar-refractivity contribution in [3.8, 4) is 5.75 Å². The van der Waals surface area contributed by atoms with Gasteiger partial charge < -0.3 is 15.2 Å². The molecule has 7 nitrogen and oxygen atoms in total. The number of carbonyl (C=O) groups excluding carboxylic acids is 2. The Morgan fingerprint density at radius 2 is 1.80 bits per heavy atom. The van der Waals surface area contributed by atoms with Crippen molar-refractivity contribution in [2.45, 2.75) is 23.4 Å². The quantitative estimate of drug-likeness (QED) is 0.195. The predicted octanol–water partition coefficient (Wildman–Crippen LogP) is 5.18. The zero-order chi connectivity index (χ0) is 25.8. The van der Waals surface area contributed by atoms with Gasteiger partial charge in [0, 0.05) is 12.1 Å². The zero-order valence-corrected chi connectivity index (χ0v) is 22.1. The lowest BCUT2D eigenvalue weighted by Crippen LogP contribution is -2.47. The molecule has 1 aliphatic heterocycles. The molecule has 0 aliphatic carbocycles. The van der Waals surface area contributed by atoms with Crippen LogP contribution in [0.3, 0.4) is 0 Å². The second kappa shape index (κ2) is 11.6. The standard InChI is InChI=1S/C23H19Cl3N2O5S2/c1-13-2-6-15(7-3-13)19(31)27-21(23(24,25)26)33-16-8-4-14(5-9-16)12-17-20(32)28(22(34)35-17)11-10-18(29)30/h2-9,12,21H,10-11H2,1H3,(H,27,31)(H,29,30)/b17-12-. The van der Waals surface area contributed by atoms with E-state index < -0.39 is 21.9 Å². The summed E-state index contributed by atoms with van der Waals surface area (Å²) in [6.45, 7) is 1.91. The van der Waals surface area contributed by atoms with Crippen LogP contribution in [0.25, 0.3) is 6.08 Å². The molecule has 1 unspecified atom stereocenters. The first-order valence-electron chi connectivity index (χ1n) is 10.1. The van der Waals surface area contributed by atoms with Crippen molar-refractivity contribution in [1.29, 1.82) is 0 Å². The summed E-state index contributed by atoms with van der Waals surface area (Å²) in [6.07, 6.45) is 0.157. The molecule has 2 N–H and O–H groups in total. The topological polar surface area (TPSA) is 95.9 Å². The average molecular weight is 574 g/mol. The monoisotopic (exact) mass is 572 g/mol. The van der Waals surface area contributed by atoms with Crippen molar-refractivity contribution in [2.24, 2.45) is 0 Å². The molecule has 0 saturated carbocycles. The summed E-state index contributed by atoms with van der Waals surface area (Å²) in [6, 6.07) is 13.4. The zero-order valence-electron chi connectivity index (χ0n) is 18.2. The van der Waals surface area contributed by atoms with Gasteiger partial charge in [0.25, 0.3) is 11.8 Å². The van der Waals surface area contributed by atoms with Crippen molar-refractivity contribution in [2.75, 3.05) is 6.54 Å². The molecular weight excluding hydrogens is 555 g/mol. The lowest BCUT2D eigenvalue weighted by atomic mass is 10.1. The van der Waals surface area contributed by atoms with Gasteiger partial charge in [-0.2, -0.15) is 0 Å². The van der Waals surface area contributed by atoms with E-state index in [1.54, 1.807) is 54.6 Å². The number of aliphatic carboxylic acids is 1. The molecule has 1 aliphatic rings. The fourth-order valence-electron chi connectivity index (χ4n) is 2.92. The van der Waals surface area contributed by atoms with Crippen LogP contribution in [0.5, 0.6) is 5.75 Å². The van der Waals surface area contributed by atoms with E-state index in [2.05, 4.69) is 5.32 Å². The van der Waals surface area contributed by atoms with Gasteiger partial charge in [0.05, 0.1) is 11.3 Å². The van der Waals surface area contributed by atoms with Gasteiger partial charge >= 0.3 is 5.97 Å². The molecule has 0 spiro atoms. The van der Waals surface area contributed by atoms with Crippen molar-refractivity contribution in [3.05, 3.63) is 70.1 Å². The number of hydrogen-bond acceptors (Lipinski definition) is 6. The molecule has 1 heterocycles. The van der Waals surface area contributed by atoms with Crippen LogP contribution >= 0.6 is 58.8 Å². The number of carboxylic acid groups (broad SMARTS) is 1. The summed E-state index contributed by atoms with van der Waals surface area (Å²) in [7, 11) is 0. The van der Waals surface area contributed by atoms with Crippen molar-refractivity contribution in [1.82, 2.24) is 10.2 Å². The molecule has 1 saturated heterocycles. The van der Waals surface area contributed by atoms with Gasteiger partial charge in [-0.3, -0.25) is 19.3 Å². The molecule has 2 amide bonds. The molecule has 2 aromatic carbocycles. The van der Waals surface area contributed by atoms with E-state index in [0.717, 1.165) is 17.3 Å². The third-order valence-electron chi connectivity index (χ3n) is 4.73. The van der Waals surface area contributed by atoms with E-state index in [-0.39, 0.29) is 18.9 Å². The predicted molar refractivity (Wildman–Crippen MR) is 142 cm³/mol. The maximum absolute atomic E-state index is 12.6. The molecule has 184 valence electrons. The van der Waals surface area contributed by atoms with Crippen LogP contribution in [-0.2, 0) is 9.59 Å². The first-order valence-corrected chi connectivity index (χ1v) is 12.5. The van der Waals surface area contributed by atoms with Gasteiger partial charge in [-0.05, 0) is 42.8 Å². The highest BCUT2D eigenvalue weighted by molar-refractivity contribution is 8.26. The minimum absolute atomic E-state index is 0.0108. The number of benzene rings is 2. The number of carbonyl (C=O) groups is 3. The summed E-state index contributed by atoms with van der Waals surface area (Å²) < 4.78 is 4.07. The Morgan fingerprint density at radius 1 is 1.17 bits per heavy atom. The largest absolute Gasteiger partial charge is 0.481 e. The molecule has 0 aromatic heterocycles. The van der Waals surface area contributed by atoms with E-state index in [0.29, 0.717) is 26.1 Å². The number of thioether (sulfide) groups is 1. The number of nitrogens with one attached hydrogen (secondary N) is 1. The Bertz CT molecular complexity index is 1170. The number of amides is 2. The first-order chi connectivity index (χ1) is 16.4. The van der Waals surface area contributed by atoms with Crippen LogP contribution in [-0.4, -0.2) is 48.7 Å². The van der Waals surface area contributed by atoms with E-state index in [1.807, 2.05) is 6.92 Å². The van der Waals surface area contributed by atoms with Crippen LogP contribution in [0.15, 0.2) is 53.4 Å². The lowest BCUT2D eigenvalue weighted by Gasteiger charge is -2.26. The second-order valence-corrected chi connectivity index (χ2v) is 11.5. The van der Waals surface area contributed by atoms with Crippen LogP contribution in [0, 0.1) is 6.92 Å². The number of carboxylic acids is 1.